The lowest BCUT2D eigenvalue weighted by Gasteiger charge is -2.03. The summed E-state index contributed by atoms with van der Waals surface area (Å²) in [6, 6.07) is 1.26. The van der Waals surface area contributed by atoms with Crippen molar-refractivity contribution in [2.24, 2.45) is 0 Å². The highest BCUT2D eigenvalue weighted by atomic mass is 32.2. The Morgan fingerprint density at radius 3 is 1.32 bits per heavy atom. The Morgan fingerprint density at radius 1 is 0.591 bits per heavy atom. The molecule has 0 aromatic carbocycles. The molecule has 1 nitrogen and oxygen atoms in total. The van der Waals surface area contributed by atoms with Crippen LogP contribution in [0.25, 0.3) is 0 Å². The van der Waals surface area contributed by atoms with E-state index in [1.54, 1.807) is 0 Å². The van der Waals surface area contributed by atoms with Crippen molar-refractivity contribution in [3.05, 3.63) is 0 Å². The molecule has 0 aliphatic rings. The molecule has 0 N–H and O–H groups in total. The van der Waals surface area contributed by atoms with Gasteiger partial charge in [0.1, 0.15) is 0 Å². The standard InChI is InChI=1S/C19H40OSSi/c1-3-4-5-6-7-8-9-10-11-12-13-14-15-16-17-18-19-22-20-21-2/h3-19H2,1-2H3. The third-order valence-electron chi connectivity index (χ3n) is 4.27. The second-order valence-electron chi connectivity index (χ2n) is 6.45. The zero-order chi connectivity index (χ0) is 16.1. The maximum atomic E-state index is 5.30. The van der Waals surface area contributed by atoms with Crippen molar-refractivity contribution in [3.8, 4) is 0 Å². The van der Waals surface area contributed by atoms with Gasteiger partial charge < -0.3 is 3.87 Å². The molecule has 22 heavy (non-hydrogen) atoms. The monoisotopic (exact) mass is 344 g/mol. The molecule has 0 aliphatic carbocycles. The zero-order valence-corrected chi connectivity index (χ0v) is 17.2. The van der Waals surface area contributed by atoms with E-state index in [9.17, 15) is 0 Å². The van der Waals surface area contributed by atoms with E-state index >= 15 is 0 Å². The van der Waals surface area contributed by atoms with E-state index < -0.39 is 0 Å². The van der Waals surface area contributed by atoms with E-state index in [-0.39, 0.29) is 0 Å². The second kappa shape index (κ2) is 21.5. The van der Waals surface area contributed by atoms with Crippen LogP contribution in [0.4, 0.5) is 0 Å². The maximum absolute atomic E-state index is 5.30. The van der Waals surface area contributed by atoms with Gasteiger partial charge in [-0.05, 0) is 18.1 Å². The highest BCUT2D eigenvalue weighted by Gasteiger charge is 1.95. The number of hydrogen-bond acceptors (Lipinski definition) is 2. The van der Waals surface area contributed by atoms with Crippen molar-refractivity contribution in [1.82, 2.24) is 0 Å². The van der Waals surface area contributed by atoms with Crippen LogP contribution >= 0.6 is 12.0 Å². The van der Waals surface area contributed by atoms with Gasteiger partial charge in [0, 0.05) is 6.26 Å². The smallest absolute Gasteiger partial charge is 0.251 e. The van der Waals surface area contributed by atoms with Crippen LogP contribution in [0.15, 0.2) is 0 Å². The van der Waals surface area contributed by atoms with Gasteiger partial charge in [-0.2, -0.15) is 0 Å². The van der Waals surface area contributed by atoms with Crippen molar-refractivity contribution in [1.29, 1.82) is 0 Å². The van der Waals surface area contributed by atoms with Crippen molar-refractivity contribution in [3.63, 3.8) is 0 Å². The Labute approximate surface area is 147 Å². The minimum absolute atomic E-state index is 0.706. The molecule has 0 saturated heterocycles. The summed E-state index contributed by atoms with van der Waals surface area (Å²) in [7, 11) is 0.706. The normalized spacial score (nSPS) is 11.2. The fourth-order valence-electron chi connectivity index (χ4n) is 2.85. The van der Waals surface area contributed by atoms with Gasteiger partial charge in [-0.15, -0.1) is 0 Å². The van der Waals surface area contributed by atoms with Crippen LogP contribution in [-0.4, -0.2) is 16.0 Å². The molecule has 0 heterocycles. The summed E-state index contributed by atoms with van der Waals surface area (Å²) < 4.78 is 5.30. The molecule has 0 amide bonds. The highest BCUT2D eigenvalue weighted by molar-refractivity contribution is 7.94. The first-order valence-electron chi connectivity index (χ1n) is 9.84. The summed E-state index contributed by atoms with van der Waals surface area (Å²) in [6.45, 7) is 2.29. The van der Waals surface area contributed by atoms with Crippen LogP contribution in [0.5, 0.6) is 0 Å². The topological polar surface area (TPSA) is 9.23 Å². The molecule has 0 bridgehead atoms. The molecule has 0 unspecified atom stereocenters. The molecule has 0 aliphatic heterocycles. The first kappa shape index (κ1) is 22.5. The van der Waals surface area contributed by atoms with Crippen LogP contribution < -0.4 is 0 Å². The van der Waals surface area contributed by atoms with Crippen molar-refractivity contribution < 1.29 is 3.87 Å². The fraction of sp³-hybridized carbons (Fsp3) is 1.00. The summed E-state index contributed by atoms with van der Waals surface area (Å²) >= 11 is 1.50. The third-order valence-corrected chi connectivity index (χ3v) is 5.97. The summed E-state index contributed by atoms with van der Waals surface area (Å²) in [5, 5.41) is 0. The molecule has 3 heteroatoms. The zero-order valence-electron chi connectivity index (χ0n) is 15.3. The SMILES string of the molecule is CCCCCCCCCCCCCCCCCC[Si]OSC. The van der Waals surface area contributed by atoms with Crippen LogP contribution in [0.3, 0.4) is 0 Å². The average molecular weight is 345 g/mol. The minimum atomic E-state index is 0.706. The molecular weight excluding hydrogens is 304 g/mol. The van der Waals surface area contributed by atoms with Crippen molar-refractivity contribution in [2.45, 2.75) is 116 Å². The van der Waals surface area contributed by atoms with Gasteiger partial charge in [-0.25, -0.2) is 0 Å². The van der Waals surface area contributed by atoms with Gasteiger partial charge in [-0.1, -0.05) is 110 Å². The predicted octanol–water partition coefficient (Wildman–Crippen LogP) is 7.58. The lowest BCUT2D eigenvalue weighted by atomic mass is 10.0. The van der Waals surface area contributed by atoms with Crippen molar-refractivity contribution >= 4 is 21.8 Å². The first-order chi connectivity index (χ1) is 10.9. The highest BCUT2D eigenvalue weighted by Crippen LogP contribution is 2.14. The lowest BCUT2D eigenvalue weighted by Crippen LogP contribution is -1.90. The number of hydrogen-bond donors (Lipinski definition) is 0. The van der Waals surface area contributed by atoms with Gasteiger partial charge in [0.15, 0.2) is 0 Å². The van der Waals surface area contributed by atoms with Gasteiger partial charge in [0.25, 0.3) is 9.76 Å². The average Bonchev–Trinajstić information content (AvgIpc) is 2.54. The van der Waals surface area contributed by atoms with Gasteiger partial charge in [0.2, 0.25) is 0 Å². The van der Waals surface area contributed by atoms with E-state index in [1.807, 2.05) is 6.26 Å². The van der Waals surface area contributed by atoms with E-state index in [4.69, 9.17) is 3.87 Å². The summed E-state index contributed by atoms with van der Waals surface area (Å²) in [6.07, 6.45) is 25.2. The lowest BCUT2D eigenvalue weighted by molar-refractivity contribution is 0.531. The quantitative estimate of drug-likeness (QED) is 0.136. The Hall–Kier alpha value is 0.527. The number of rotatable bonds is 19. The summed E-state index contributed by atoms with van der Waals surface area (Å²) in [4.78, 5) is 0. The first-order valence-corrected chi connectivity index (χ1v) is 12.1. The largest absolute Gasteiger partial charge is 0.358 e. The van der Waals surface area contributed by atoms with E-state index in [1.165, 1.54) is 121 Å². The molecular formula is C19H40OSSi. The second-order valence-corrected chi connectivity index (χ2v) is 8.24. The molecule has 0 aromatic rings. The predicted molar refractivity (Wildman–Crippen MR) is 105 cm³/mol. The summed E-state index contributed by atoms with van der Waals surface area (Å²) in [5.41, 5.74) is 0. The van der Waals surface area contributed by atoms with Gasteiger partial charge in [0.05, 0.1) is 0 Å². The Morgan fingerprint density at radius 2 is 0.955 bits per heavy atom. The fourth-order valence-corrected chi connectivity index (χ4v) is 4.04. The molecule has 2 radical (unpaired) electrons. The molecule has 0 saturated carbocycles. The van der Waals surface area contributed by atoms with Crippen LogP contribution in [0, 0.1) is 0 Å². The molecule has 0 spiro atoms. The van der Waals surface area contributed by atoms with Crippen LogP contribution in [-0.2, 0) is 3.87 Å². The third kappa shape index (κ3) is 20.5. The van der Waals surface area contributed by atoms with Gasteiger partial charge >= 0.3 is 0 Å². The minimum Gasteiger partial charge on any atom is -0.358 e. The van der Waals surface area contributed by atoms with Crippen molar-refractivity contribution in [2.75, 3.05) is 6.26 Å². The Bertz CT molecular complexity index is 170. The maximum Gasteiger partial charge on any atom is 0.251 e. The Balaban J connectivity index is 2.91. The van der Waals surface area contributed by atoms with Crippen LogP contribution in [0.2, 0.25) is 6.04 Å². The molecule has 0 rings (SSSR count). The molecule has 0 aromatic heterocycles. The summed E-state index contributed by atoms with van der Waals surface area (Å²) in [5.74, 6) is 0. The van der Waals surface area contributed by atoms with Crippen LogP contribution in [0.1, 0.15) is 110 Å². The molecule has 132 valence electrons. The Kier molecular flexibility index (Phi) is 22.0. The van der Waals surface area contributed by atoms with E-state index in [2.05, 4.69) is 6.92 Å². The molecule has 0 fully saturated rings. The van der Waals surface area contributed by atoms with E-state index in [0.29, 0.717) is 9.76 Å². The van der Waals surface area contributed by atoms with Gasteiger partial charge in [-0.3, -0.25) is 0 Å². The number of unbranched alkanes of at least 4 members (excludes halogenated alkanes) is 15. The molecule has 0 atom stereocenters. The van der Waals surface area contributed by atoms with E-state index in [0.717, 1.165) is 0 Å².